The standard InChI is InChI=1S/C25H24N2O7/c1-15-19(22(28)33-14-16-8-4-3-5-9-16)25(17-10-6-7-11-18(17)27-24(25)30)20(21(26)34-15)23(29)32-13-12-31-2/h3-11H,12-14,26H2,1-2H3,(H,27,30). The second kappa shape index (κ2) is 9.40. The number of carbonyl (C=O) groups is 3. The summed E-state index contributed by atoms with van der Waals surface area (Å²) < 4.78 is 21.4. The van der Waals surface area contributed by atoms with Crippen molar-refractivity contribution in [3.8, 4) is 0 Å². The number of rotatable bonds is 7. The average Bonchev–Trinajstić information content (AvgIpc) is 3.10. The molecule has 3 N–H and O–H groups in total. The first-order valence-electron chi connectivity index (χ1n) is 10.6. The second-order valence-corrected chi connectivity index (χ2v) is 7.71. The third-order valence-electron chi connectivity index (χ3n) is 5.67. The van der Waals surface area contributed by atoms with Gasteiger partial charge >= 0.3 is 11.9 Å². The van der Waals surface area contributed by atoms with Gasteiger partial charge in [-0.15, -0.1) is 0 Å². The molecule has 0 fully saturated rings. The first-order valence-corrected chi connectivity index (χ1v) is 10.6. The van der Waals surface area contributed by atoms with E-state index in [9.17, 15) is 14.4 Å². The molecule has 0 saturated carbocycles. The topological polar surface area (TPSA) is 126 Å². The summed E-state index contributed by atoms with van der Waals surface area (Å²) in [5.41, 5.74) is 5.37. The number of nitrogens with one attached hydrogen (secondary N) is 1. The molecule has 9 heteroatoms. The maximum Gasteiger partial charge on any atom is 0.341 e. The Morgan fingerprint density at radius 1 is 0.971 bits per heavy atom. The molecular formula is C25H24N2O7. The van der Waals surface area contributed by atoms with Crippen LogP contribution in [0.5, 0.6) is 0 Å². The van der Waals surface area contributed by atoms with Crippen LogP contribution in [0.2, 0.25) is 0 Å². The molecule has 2 heterocycles. The molecule has 9 nitrogen and oxygen atoms in total. The van der Waals surface area contributed by atoms with Gasteiger partial charge in [0.2, 0.25) is 11.8 Å². The van der Waals surface area contributed by atoms with Crippen molar-refractivity contribution < 1.29 is 33.3 Å². The van der Waals surface area contributed by atoms with Crippen LogP contribution in [0.15, 0.2) is 77.4 Å². The number of hydrogen-bond acceptors (Lipinski definition) is 8. The van der Waals surface area contributed by atoms with Gasteiger partial charge in [0, 0.05) is 18.4 Å². The van der Waals surface area contributed by atoms with Crippen LogP contribution in [0.3, 0.4) is 0 Å². The van der Waals surface area contributed by atoms with Crippen molar-refractivity contribution in [2.24, 2.45) is 5.73 Å². The predicted molar refractivity (Wildman–Crippen MR) is 121 cm³/mol. The Balaban J connectivity index is 1.82. The fourth-order valence-corrected chi connectivity index (χ4v) is 4.23. The molecule has 4 rings (SSSR count). The Morgan fingerprint density at radius 3 is 2.38 bits per heavy atom. The second-order valence-electron chi connectivity index (χ2n) is 7.71. The zero-order valence-electron chi connectivity index (χ0n) is 18.8. The average molecular weight is 464 g/mol. The SMILES string of the molecule is COCCOC(=O)C1=C(N)OC(C)=C(C(=O)OCc2ccccc2)C12C(=O)Nc1ccccc12. The van der Waals surface area contributed by atoms with E-state index in [-0.39, 0.29) is 42.6 Å². The number of hydrogen-bond donors (Lipinski definition) is 2. The molecule has 1 amide bonds. The van der Waals surface area contributed by atoms with Crippen LogP contribution < -0.4 is 11.1 Å². The molecular weight excluding hydrogens is 440 g/mol. The van der Waals surface area contributed by atoms with Crippen LogP contribution in [0.1, 0.15) is 18.1 Å². The van der Waals surface area contributed by atoms with Crippen LogP contribution in [-0.4, -0.2) is 38.2 Å². The van der Waals surface area contributed by atoms with Crippen molar-refractivity contribution in [3.05, 3.63) is 88.5 Å². The zero-order chi connectivity index (χ0) is 24.3. The number of para-hydroxylation sites is 1. The van der Waals surface area contributed by atoms with E-state index in [1.807, 2.05) is 18.2 Å². The minimum atomic E-state index is -1.90. The van der Waals surface area contributed by atoms with Crippen LogP contribution in [-0.2, 0) is 45.4 Å². The maximum atomic E-state index is 13.6. The van der Waals surface area contributed by atoms with Gasteiger partial charge in [0.25, 0.3) is 0 Å². The van der Waals surface area contributed by atoms with Gasteiger partial charge in [-0.05, 0) is 18.6 Å². The number of carbonyl (C=O) groups excluding carboxylic acids is 3. The summed E-state index contributed by atoms with van der Waals surface area (Å²) in [6.07, 6.45) is 0. The van der Waals surface area contributed by atoms with Gasteiger partial charge < -0.3 is 30.0 Å². The highest BCUT2D eigenvalue weighted by atomic mass is 16.6. The first-order chi connectivity index (χ1) is 16.4. The fraction of sp³-hybridized carbons (Fsp3) is 0.240. The third kappa shape index (κ3) is 3.80. The summed E-state index contributed by atoms with van der Waals surface area (Å²) in [5, 5.41) is 2.75. The minimum Gasteiger partial charge on any atom is -0.460 e. The number of amides is 1. The number of anilines is 1. The molecule has 0 radical (unpaired) electrons. The Hall–Kier alpha value is -4.11. The quantitative estimate of drug-likeness (QED) is 0.472. The lowest BCUT2D eigenvalue weighted by Gasteiger charge is -2.35. The van der Waals surface area contributed by atoms with Gasteiger partial charge in [0.1, 0.15) is 35.5 Å². The molecule has 0 aromatic heterocycles. The largest absolute Gasteiger partial charge is 0.460 e. The predicted octanol–water partition coefficient (Wildman–Crippen LogP) is 2.28. The number of nitrogens with two attached hydrogens (primary N) is 1. The summed E-state index contributed by atoms with van der Waals surface area (Å²) >= 11 is 0. The molecule has 2 aromatic carbocycles. The van der Waals surface area contributed by atoms with Gasteiger partial charge in [-0.25, -0.2) is 9.59 Å². The first kappa shape index (κ1) is 23.1. The lowest BCUT2D eigenvalue weighted by atomic mass is 9.67. The number of ether oxygens (including phenoxy) is 4. The normalized spacial score (nSPS) is 18.9. The molecule has 176 valence electrons. The van der Waals surface area contributed by atoms with E-state index in [2.05, 4.69) is 5.32 Å². The van der Waals surface area contributed by atoms with Crippen molar-refractivity contribution in [2.75, 3.05) is 25.6 Å². The number of esters is 2. The number of fused-ring (bicyclic) bond motifs is 2. The number of allylic oxidation sites excluding steroid dienone is 1. The molecule has 2 aromatic rings. The van der Waals surface area contributed by atoms with E-state index in [1.54, 1.807) is 36.4 Å². The van der Waals surface area contributed by atoms with Crippen molar-refractivity contribution in [2.45, 2.75) is 18.9 Å². The lowest BCUT2D eigenvalue weighted by Crippen LogP contribution is -2.48. The van der Waals surface area contributed by atoms with Gasteiger partial charge in [-0.1, -0.05) is 48.5 Å². The van der Waals surface area contributed by atoms with E-state index < -0.39 is 23.3 Å². The summed E-state index contributed by atoms with van der Waals surface area (Å²) in [7, 11) is 1.46. The molecule has 34 heavy (non-hydrogen) atoms. The van der Waals surface area contributed by atoms with Crippen molar-refractivity contribution in [1.29, 1.82) is 0 Å². The monoisotopic (exact) mass is 464 g/mol. The zero-order valence-corrected chi connectivity index (χ0v) is 18.8. The van der Waals surface area contributed by atoms with Crippen LogP contribution in [0, 0.1) is 0 Å². The summed E-state index contributed by atoms with van der Waals surface area (Å²) in [6.45, 7) is 1.51. The van der Waals surface area contributed by atoms with Crippen molar-refractivity contribution in [3.63, 3.8) is 0 Å². The lowest BCUT2D eigenvalue weighted by molar-refractivity contribution is -0.144. The van der Waals surface area contributed by atoms with Gasteiger partial charge in [0.05, 0.1) is 6.61 Å². The van der Waals surface area contributed by atoms with Gasteiger partial charge in [-0.3, -0.25) is 4.79 Å². The number of benzene rings is 2. The van der Waals surface area contributed by atoms with Crippen molar-refractivity contribution >= 4 is 23.5 Å². The Labute approximate surface area is 196 Å². The number of methoxy groups -OCH3 is 1. The molecule has 0 aliphatic carbocycles. The molecule has 0 saturated heterocycles. The molecule has 1 atom stereocenters. The minimum absolute atomic E-state index is 0.0391. The highest BCUT2D eigenvalue weighted by Gasteiger charge is 2.61. The molecule has 1 spiro atoms. The maximum absolute atomic E-state index is 13.6. The van der Waals surface area contributed by atoms with E-state index >= 15 is 0 Å². The van der Waals surface area contributed by atoms with E-state index in [0.29, 0.717) is 11.3 Å². The molecule has 2 aliphatic rings. The Morgan fingerprint density at radius 2 is 1.65 bits per heavy atom. The Kier molecular flexibility index (Phi) is 6.38. The third-order valence-corrected chi connectivity index (χ3v) is 5.67. The fourth-order valence-electron chi connectivity index (χ4n) is 4.23. The van der Waals surface area contributed by atoms with E-state index in [1.165, 1.54) is 14.0 Å². The van der Waals surface area contributed by atoms with Gasteiger partial charge in [-0.2, -0.15) is 0 Å². The molecule has 2 aliphatic heterocycles. The van der Waals surface area contributed by atoms with Crippen LogP contribution >= 0.6 is 0 Å². The van der Waals surface area contributed by atoms with Crippen molar-refractivity contribution in [1.82, 2.24) is 0 Å². The molecule has 0 bridgehead atoms. The summed E-state index contributed by atoms with van der Waals surface area (Å²) in [5.74, 6) is -2.63. The van der Waals surface area contributed by atoms with Crippen LogP contribution in [0.4, 0.5) is 5.69 Å². The van der Waals surface area contributed by atoms with E-state index in [0.717, 1.165) is 5.56 Å². The van der Waals surface area contributed by atoms with Gasteiger partial charge in [0.15, 0.2) is 0 Å². The highest BCUT2D eigenvalue weighted by molar-refractivity contribution is 6.21. The van der Waals surface area contributed by atoms with Crippen LogP contribution in [0.25, 0.3) is 0 Å². The smallest absolute Gasteiger partial charge is 0.341 e. The summed E-state index contributed by atoms with van der Waals surface area (Å²) in [6, 6.07) is 15.8. The molecule has 1 unspecified atom stereocenters. The van der Waals surface area contributed by atoms with E-state index in [4.69, 9.17) is 24.7 Å². The Bertz CT molecular complexity index is 1200. The highest BCUT2D eigenvalue weighted by Crippen LogP contribution is 2.52. The summed E-state index contributed by atoms with van der Waals surface area (Å²) in [4.78, 5) is 40.3.